The molecule has 0 saturated carbocycles. The molecule has 0 atom stereocenters. The highest BCUT2D eigenvalue weighted by atomic mass is 19.1. The van der Waals surface area contributed by atoms with Crippen molar-refractivity contribution >= 4 is 11.6 Å². The number of hydrogen-bond donors (Lipinski definition) is 0. The van der Waals surface area contributed by atoms with Crippen LogP contribution in [0.15, 0.2) is 54.6 Å². The van der Waals surface area contributed by atoms with Crippen LogP contribution in [0, 0.1) is 11.7 Å². The van der Waals surface area contributed by atoms with Gasteiger partial charge in [0.15, 0.2) is 11.6 Å². The number of hydrogen-bond acceptors (Lipinski definition) is 3. The average molecular weight is 353 g/mol. The number of halogens is 1. The highest BCUT2D eigenvalue weighted by molar-refractivity contribution is 5.98. The summed E-state index contributed by atoms with van der Waals surface area (Å²) in [5.41, 5.74) is 1.37. The Labute approximate surface area is 153 Å². The molecule has 0 amide bonds. The number of carbonyl (C=O) groups excluding carboxylic acids is 2. The molecular formula is C22H24FNO2. The van der Waals surface area contributed by atoms with Crippen molar-refractivity contribution < 1.29 is 14.0 Å². The molecule has 1 aliphatic heterocycles. The van der Waals surface area contributed by atoms with Crippen LogP contribution in [-0.2, 0) is 0 Å². The summed E-state index contributed by atoms with van der Waals surface area (Å²) in [7, 11) is 0. The Hall–Kier alpha value is -2.33. The van der Waals surface area contributed by atoms with E-state index in [1.807, 2.05) is 30.3 Å². The summed E-state index contributed by atoms with van der Waals surface area (Å²) in [5, 5.41) is 0. The lowest BCUT2D eigenvalue weighted by Crippen LogP contribution is -2.37. The third-order valence-corrected chi connectivity index (χ3v) is 5.06. The fraction of sp³-hybridized carbons (Fsp3) is 0.364. The smallest absolute Gasteiger partial charge is 0.166 e. The molecular weight excluding hydrogens is 329 g/mol. The van der Waals surface area contributed by atoms with E-state index in [0.717, 1.165) is 44.5 Å². The van der Waals surface area contributed by atoms with Gasteiger partial charge in [-0.3, -0.25) is 9.59 Å². The highest BCUT2D eigenvalue weighted by Crippen LogP contribution is 2.22. The van der Waals surface area contributed by atoms with Crippen LogP contribution < -0.4 is 0 Å². The zero-order valence-corrected chi connectivity index (χ0v) is 14.9. The molecule has 0 radical (unpaired) electrons. The Morgan fingerprint density at radius 2 is 1.58 bits per heavy atom. The zero-order valence-electron chi connectivity index (χ0n) is 14.9. The number of piperidine rings is 1. The maximum Gasteiger partial charge on any atom is 0.166 e. The van der Waals surface area contributed by atoms with Crippen molar-refractivity contribution in [2.24, 2.45) is 5.92 Å². The summed E-state index contributed by atoms with van der Waals surface area (Å²) in [6.07, 6.45) is 3.00. The molecule has 0 aromatic heterocycles. The second-order valence-corrected chi connectivity index (χ2v) is 6.88. The predicted molar refractivity (Wildman–Crippen MR) is 99.9 cm³/mol. The number of benzene rings is 2. The summed E-state index contributed by atoms with van der Waals surface area (Å²) in [6.45, 7) is 2.65. The number of carbonyl (C=O) groups is 2. The average Bonchev–Trinajstić information content (AvgIpc) is 2.69. The first-order valence-corrected chi connectivity index (χ1v) is 9.24. The molecule has 3 nitrogen and oxygen atoms in total. The zero-order chi connectivity index (χ0) is 18.4. The first-order valence-electron chi connectivity index (χ1n) is 9.24. The third kappa shape index (κ3) is 4.85. The minimum absolute atomic E-state index is 0.0548. The van der Waals surface area contributed by atoms with Gasteiger partial charge in [-0.15, -0.1) is 0 Å². The predicted octanol–water partition coefficient (Wildman–Crippen LogP) is 4.38. The SMILES string of the molecule is O=C(CCCN1CCC(C(=O)c2ccccc2)CC1)c1ccc(F)cc1. The summed E-state index contributed by atoms with van der Waals surface area (Å²) in [6, 6.07) is 15.2. The second-order valence-electron chi connectivity index (χ2n) is 6.88. The Bertz CT molecular complexity index is 734. The van der Waals surface area contributed by atoms with Crippen LogP contribution in [0.4, 0.5) is 4.39 Å². The van der Waals surface area contributed by atoms with Crippen LogP contribution in [0.1, 0.15) is 46.4 Å². The van der Waals surface area contributed by atoms with Crippen LogP contribution >= 0.6 is 0 Å². The molecule has 0 aliphatic carbocycles. The van der Waals surface area contributed by atoms with E-state index in [9.17, 15) is 14.0 Å². The van der Waals surface area contributed by atoms with E-state index in [0.29, 0.717) is 12.0 Å². The van der Waals surface area contributed by atoms with Gasteiger partial charge in [0.1, 0.15) is 5.82 Å². The van der Waals surface area contributed by atoms with Gasteiger partial charge in [-0.2, -0.15) is 0 Å². The number of nitrogens with zero attached hydrogens (tertiary/aromatic N) is 1. The fourth-order valence-corrected chi connectivity index (χ4v) is 3.50. The molecule has 0 spiro atoms. The van der Waals surface area contributed by atoms with Crippen molar-refractivity contribution in [3.05, 3.63) is 71.5 Å². The first-order chi connectivity index (χ1) is 12.6. The van der Waals surface area contributed by atoms with Crippen LogP contribution in [0.25, 0.3) is 0 Å². The summed E-state index contributed by atoms with van der Waals surface area (Å²) < 4.78 is 12.9. The summed E-state index contributed by atoms with van der Waals surface area (Å²) in [5.74, 6) is 0.0832. The van der Waals surface area contributed by atoms with Crippen LogP contribution in [0.2, 0.25) is 0 Å². The Morgan fingerprint density at radius 1 is 0.923 bits per heavy atom. The molecule has 1 aliphatic rings. The number of rotatable bonds is 7. The van der Waals surface area contributed by atoms with Crippen molar-refractivity contribution in [1.29, 1.82) is 0 Å². The Morgan fingerprint density at radius 3 is 2.23 bits per heavy atom. The van der Waals surface area contributed by atoms with Crippen LogP contribution in [0.3, 0.4) is 0 Å². The van der Waals surface area contributed by atoms with Gasteiger partial charge in [0, 0.05) is 23.5 Å². The molecule has 0 bridgehead atoms. The normalized spacial score (nSPS) is 15.7. The molecule has 2 aromatic carbocycles. The van der Waals surface area contributed by atoms with Crippen molar-refractivity contribution in [2.45, 2.75) is 25.7 Å². The molecule has 1 fully saturated rings. The molecule has 3 rings (SSSR count). The van der Waals surface area contributed by atoms with E-state index < -0.39 is 0 Å². The number of likely N-dealkylation sites (tertiary alicyclic amines) is 1. The van der Waals surface area contributed by atoms with Gasteiger partial charge in [-0.1, -0.05) is 30.3 Å². The van der Waals surface area contributed by atoms with Crippen LogP contribution in [0.5, 0.6) is 0 Å². The van der Waals surface area contributed by atoms with Crippen molar-refractivity contribution in [3.8, 4) is 0 Å². The number of ketones is 2. The summed E-state index contributed by atoms with van der Waals surface area (Å²) in [4.78, 5) is 26.9. The minimum atomic E-state index is -0.325. The maximum atomic E-state index is 12.9. The fourth-order valence-electron chi connectivity index (χ4n) is 3.50. The van der Waals surface area contributed by atoms with E-state index in [2.05, 4.69) is 4.90 Å². The molecule has 4 heteroatoms. The minimum Gasteiger partial charge on any atom is -0.303 e. The van der Waals surface area contributed by atoms with E-state index in [4.69, 9.17) is 0 Å². The van der Waals surface area contributed by atoms with Crippen molar-refractivity contribution in [2.75, 3.05) is 19.6 Å². The molecule has 2 aromatic rings. The molecule has 0 unspecified atom stereocenters. The Kier molecular flexibility index (Phi) is 6.29. The van der Waals surface area contributed by atoms with Gasteiger partial charge >= 0.3 is 0 Å². The third-order valence-electron chi connectivity index (χ3n) is 5.06. The van der Waals surface area contributed by atoms with Gasteiger partial charge in [0.05, 0.1) is 0 Å². The molecule has 1 heterocycles. The molecule has 1 saturated heterocycles. The second kappa shape index (κ2) is 8.86. The van der Waals surface area contributed by atoms with Crippen LogP contribution in [-0.4, -0.2) is 36.1 Å². The highest BCUT2D eigenvalue weighted by Gasteiger charge is 2.25. The summed E-state index contributed by atoms with van der Waals surface area (Å²) >= 11 is 0. The Balaban J connectivity index is 1.39. The monoisotopic (exact) mass is 353 g/mol. The first kappa shape index (κ1) is 18.5. The molecule has 136 valence electrons. The topological polar surface area (TPSA) is 37.4 Å². The van der Waals surface area contributed by atoms with Crippen molar-refractivity contribution in [1.82, 2.24) is 4.90 Å². The maximum absolute atomic E-state index is 12.9. The molecule has 26 heavy (non-hydrogen) atoms. The van der Waals surface area contributed by atoms with Gasteiger partial charge in [-0.25, -0.2) is 4.39 Å². The quantitative estimate of drug-likeness (QED) is 0.693. The largest absolute Gasteiger partial charge is 0.303 e. The van der Waals surface area contributed by atoms with Gasteiger partial charge in [0.25, 0.3) is 0 Å². The van der Waals surface area contributed by atoms with E-state index in [1.165, 1.54) is 12.1 Å². The van der Waals surface area contributed by atoms with Crippen molar-refractivity contribution in [3.63, 3.8) is 0 Å². The number of Topliss-reactive ketones (excluding diaryl/α,β-unsaturated/α-hetero) is 2. The van der Waals surface area contributed by atoms with E-state index >= 15 is 0 Å². The van der Waals surface area contributed by atoms with Gasteiger partial charge < -0.3 is 4.90 Å². The van der Waals surface area contributed by atoms with E-state index in [1.54, 1.807) is 12.1 Å². The lowest BCUT2D eigenvalue weighted by Gasteiger charge is -2.31. The lowest BCUT2D eigenvalue weighted by atomic mass is 9.89. The standard InChI is InChI=1S/C22H24FNO2/c23-20-10-8-17(9-11-20)21(25)7-4-14-24-15-12-19(13-16-24)22(26)18-5-2-1-3-6-18/h1-3,5-6,8-11,19H,4,7,12-16H2. The van der Waals surface area contributed by atoms with E-state index in [-0.39, 0.29) is 23.3 Å². The van der Waals surface area contributed by atoms with Gasteiger partial charge in [-0.05, 0) is 63.2 Å². The van der Waals surface area contributed by atoms with Gasteiger partial charge in [0.2, 0.25) is 0 Å². The lowest BCUT2D eigenvalue weighted by molar-refractivity contribution is 0.0837. The molecule has 0 N–H and O–H groups in total.